The SMILES string of the molecule is O=C(C1=NC=CCC(N2CCCC(F)(F)C2)=C1)N(O)Cc1ccccc1. The number of piperidine rings is 1. The predicted molar refractivity (Wildman–Crippen MR) is 93.8 cm³/mol. The molecule has 1 saturated heterocycles. The summed E-state index contributed by atoms with van der Waals surface area (Å²) in [5.74, 6) is -3.39. The van der Waals surface area contributed by atoms with Crippen LogP contribution in [0.2, 0.25) is 0 Å². The predicted octanol–water partition coefficient (Wildman–Crippen LogP) is 3.38. The fraction of sp³-hybridized carbons (Fsp3) is 0.368. The zero-order valence-electron chi connectivity index (χ0n) is 14.3. The Morgan fingerprint density at radius 3 is 2.81 bits per heavy atom. The van der Waals surface area contributed by atoms with Gasteiger partial charge in [0.1, 0.15) is 5.71 Å². The van der Waals surface area contributed by atoms with Crippen LogP contribution in [0.4, 0.5) is 8.78 Å². The van der Waals surface area contributed by atoms with Crippen molar-refractivity contribution in [3.8, 4) is 0 Å². The standard InChI is InChI=1S/C19H21F2N3O2/c20-19(21)9-5-11-23(14-19)16-8-4-10-22-17(12-16)18(25)24(26)13-15-6-2-1-3-7-15/h1-4,6-7,10,12,26H,5,8-9,11,13-14H2. The van der Waals surface area contributed by atoms with Gasteiger partial charge < -0.3 is 4.90 Å². The zero-order valence-corrected chi connectivity index (χ0v) is 14.3. The Morgan fingerprint density at radius 1 is 1.31 bits per heavy atom. The minimum Gasteiger partial charge on any atom is -0.368 e. The maximum Gasteiger partial charge on any atom is 0.296 e. The van der Waals surface area contributed by atoms with Gasteiger partial charge in [-0.25, -0.2) is 13.8 Å². The first-order chi connectivity index (χ1) is 12.4. The number of carbonyl (C=O) groups is 1. The van der Waals surface area contributed by atoms with Crippen molar-refractivity contribution in [2.75, 3.05) is 13.1 Å². The van der Waals surface area contributed by atoms with Crippen LogP contribution in [0, 0.1) is 0 Å². The average molecular weight is 361 g/mol. The topological polar surface area (TPSA) is 56.1 Å². The van der Waals surface area contributed by atoms with Crippen LogP contribution in [0.1, 0.15) is 24.8 Å². The molecule has 26 heavy (non-hydrogen) atoms. The Balaban J connectivity index is 1.74. The summed E-state index contributed by atoms with van der Waals surface area (Å²) < 4.78 is 27.4. The molecule has 7 heteroatoms. The molecule has 1 fully saturated rings. The molecule has 0 aliphatic carbocycles. The summed E-state index contributed by atoms with van der Waals surface area (Å²) in [6, 6.07) is 9.06. The van der Waals surface area contributed by atoms with E-state index in [2.05, 4.69) is 4.99 Å². The van der Waals surface area contributed by atoms with Crippen molar-refractivity contribution in [1.29, 1.82) is 0 Å². The summed E-state index contributed by atoms with van der Waals surface area (Å²) in [5, 5.41) is 10.7. The number of nitrogens with zero attached hydrogens (tertiary/aromatic N) is 3. The lowest BCUT2D eigenvalue weighted by molar-refractivity contribution is -0.159. The van der Waals surface area contributed by atoms with Crippen molar-refractivity contribution in [3.05, 3.63) is 59.9 Å². The number of alkyl halides is 2. The van der Waals surface area contributed by atoms with Gasteiger partial charge in [-0.1, -0.05) is 36.4 Å². The fourth-order valence-electron chi connectivity index (χ4n) is 3.07. The molecule has 0 radical (unpaired) electrons. The van der Waals surface area contributed by atoms with Gasteiger partial charge in [0.2, 0.25) is 0 Å². The molecule has 0 unspecified atom stereocenters. The number of halogens is 2. The summed E-state index contributed by atoms with van der Waals surface area (Å²) in [6.45, 7) is 0.179. The number of benzene rings is 1. The van der Waals surface area contributed by atoms with Crippen molar-refractivity contribution in [2.24, 2.45) is 4.99 Å². The Morgan fingerprint density at radius 2 is 2.08 bits per heavy atom. The largest absolute Gasteiger partial charge is 0.368 e. The molecule has 0 aromatic heterocycles. The van der Waals surface area contributed by atoms with Crippen LogP contribution >= 0.6 is 0 Å². The van der Waals surface area contributed by atoms with Crippen LogP contribution in [0.25, 0.3) is 0 Å². The normalized spacial score (nSPS) is 19.4. The first kappa shape index (κ1) is 18.3. The Labute approximate surface area is 150 Å². The molecular formula is C19H21F2N3O2. The first-order valence-electron chi connectivity index (χ1n) is 8.55. The third kappa shape index (κ3) is 4.54. The van der Waals surface area contributed by atoms with Gasteiger partial charge in [0.15, 0.2) is 0 Å². The highest BCUT2D eigenvalue weighted by Gasteiger charge is 2.36. The summed E-state index contributed by atoms with van der Waals surface area (Å²) in [4.78, 5) is 18.2. The van der Waals surface area contributed by atoms with Crippen LogP contribution in [0.3, 0.4) is 0 Å². The summed E-state index contributed by atoms with van der Waals surface area (Å²) in [6.07, 6.45) is 5.38. The number of likely N-dealkylation sites (tertiary alicyclic amines) is 1. The minimum atomic E-state index is -2.73. The molecule has 0 bridgehead atoms. The minimum absolute atomic E-state index is 0.0212. The molecule has 1 amide bonds. The van der Waals surface area contributed by atoms with Crippen molar-refractivity contribution < 1.29 is 18.8 Å². The average Bonchev–Trinajstić information content (AvgIpc) is 2.87. The fourth-order valence-corrected chi connectivity index (χ4v) is 3.07. The number of carbonyl (C=O) groups excluding carboxylic acids is 1. The van der Waals surface area contributed by atoms with E-state index in [4.69, 9.17) is 0 Å². The van der Waals surface area contributed by atoms with Crippen molar-refractivity contribution in [2.45, 2.75) is 31.7 Å². The lowest BCUT2D eigenvalue weighted by Gasteiger charge is -2.35. The van der Waals surface area contributed by atoms with Crippen LogP contribution in [0.5, 0.6) is 0 Å². The van der Waals surface area contributed by atoms with Gasteiger partial charge in [0.05, 0.1) is 13.1 Å². The van der Waals surface area contributed by atoms with Crippen LogP contribution < -0.4 is 0 Å². The van der Waals surface area contributed by atoms with Gasteiger partial charge in [-0.3, -0.25) is 15.0 Å². The molecule has 3 rings (SSSR count). The molecule has 138 valence electrons. The second kappa shape index (κ2) is 7.78. The third-order valence-corrected chi connectivity index (χ3v) is 4.38. The molecule has 0 saturated carbocycles. The second-order valence-electron chi connectivity index (χ2n) is 6.47. The smallest absolute Gasteiger partial charge is 0.296 e. The monoisotopic (exact) mass is 361 g/mol. The maximum atomic E-state index is 13.7. The summed E-state index contributed by atoms with van der Waals surface area (Å²) >= 11 is 0. The Bertz CT molecular complexity index is 744. The van der Waals surface area contributed by atoms with Crippen LogP contribution in [0.15, 0.2) is 59.4 Å². The van der Waals surface area contributed by atoms with Gasteiger partial charge >= 0.3 is 0 Å². The highest BCUT2D eigenvalue weighted by molar-refractivity contribution is 6.43. The van der Waals surface area contributed by atoms with Gasteiger partial charge in [-0.15, -0.1) is 0 Å². The van der Waals surface area contributed by atoms with Gasteiger partial charge in [0.25, 0.3) is 11.8 Å². The molecule has 1 N–H and O–H groups in total. The molecule has 0 atom stereocenters. The molecule has 2 aliphatic rings. The number of hydroxylamine groups is 2. The lowest BCUT2D eigenvalue weighted by atomic mass is 10.1. The van der Waals surface area contributed by atoms with E-state index in [1.54, 1.807) is 23.1 Å². The number of amides is 1. The maximum absolute atomic E-state index is 13.7. The Hall–Kier alpha value is -2.54. The van der Waals surface area contributed by atoms with E-state index < -0.39 is 11.8 Å². The summed E-state index contributed by atoms with van der Waals surface area (Å²) in [5.41, 5.74) is 1.41. The van der Waals surface area contributed by atoms with Crippen molar-refractivity contribution >= 4 is 11.6 Å². The van der Waals surface area contributed by atoms with Gasteiger partial charge in [0, 0.05) is 31.3 Å². The quantitative estimate of drug-likeness (QED) is 0.661. The molecule has 2 aliphatic heterocycles. The second-order valence-corrected chi connectivity index (χ2v) is 6.47. The summed E-state index contributed by atoms with van der Waals surface area (Å²) in [7, 11) is 0. The van der Waals surface area contributed by atoms with Gasteiger partial charge in [-0.2, -0.15) is 0 Å². The first-order valence-corrected chi connectivity index (χ1v) is 8.55. The highest BCUT2D eigenvalue weighted by Crippen LogP contribution is 2.30. The van der Waals surface area contributed by atoms with Crippen LogP contribution in [-0.2, 0) is 11.3 Å². The van der Waals surface area contributed by atoms with E-state index in [1.807, 2.05) is 18.2 Å². The number of aliphatic imine (C=N–C) groups is 1. The Kier molecular flexibility index (Phi) is 5.46. The number of allylic oxidation sites excluding steroid dienone is 1. The van der Waals surface area contributed by atoms with E-state index >= 15 is 0 Å². The molecule has 2 heterocycles. The third-order valence-electron chi connectivity index (χ3n) is 4.38. The van der Waals surface area contributed by atoms with Crippen LogP contribution in [-0.4, -0.2) is 45.8 Å². The lowest BCUT2D eigenvalue weighted by Crippen LogP contribution is -2.42. The zero-order chi connectivity index (χ0) is 18.6. The van der Waals surface area contributed by atoms with E-state index in [9.17, 15) is 18.8 Å². The van der Waals surface area contributed by atoms with E-state index in [1.165, 1.54) is 12.3 Å². The van der Waals surface area contributed by atoms with E-state index in [0.29, 0.717) is 30.1 Å². The van der Waals surface area contributed by atoms with Crippen molar-refractivity contribution in [3.63, 3.8) is 0 Å². The molecule has 1 aromatic carbocycles. The number of hydrogen-bond acceptors (Lipinski definition) is 4. The van der Waals surface area contributed by atoms with E-state index in [0.717, 1.165) is 5.56 Å². The number of rotatable bonds is 4. The van der Waals surface area contributed by atoms with Gasteiger partial charge in [-0.05, 0) is 18.1 Å². The van der Waals surface area contributed by atoms with Crippen molar-refractivity contribution in [1.82, 2.24) is 9.96 Å². The molecule has 1 aromatic rings. The highest BCUT2D eigenvalue weighted by atomic mass is 19.3. The molecule has 5 nitrogen and oxygen atoms in total. The van der Waals surface area contributed by atoms with E-state index in [-0.39, 0.29) is 25.2 Å². The number of hydrogen-bond donors (Lipinski definition) is 1. The molecule has 0 spiro atoms. The molecular weight excluding hydrogens is 340 g/mol.